The fraction of sp³-hybridized carbons (Fsp3) is 0.333. The van der Waals surface area contributed by atoms with Gasteiger partial charge in [0.2, 0.25) is 0 Å². The number of aromatic nitrogens is 2. The highest BCUT2D eigenvalue weighted by Gasteiger charge is 2.15. The maximum atomic E-state index is 4.67. The van der Waals surface area contributed by atoms with Gasteiger partial charge >= 0.3 is 0 Å². The molecule has 0 radical (unpaired) electrons. The number of hydrogen-bond donors (Lipinski definition) is 0. The van der Waals surface area contributed by atoms with E-state index in [4.69, 9.17) is 0 Å². The van der Waals surface area contributed by atoms with E-state index in [0.717, 1.165) is 42.1 Å². The molecule has 2 aromatic carbocycles. The van der Waals surface area contributed by atoms with E-state index in [1.54, 1.807) is 6.33 Å². The van der Waals surface area contributed by atoms with Crippen LogP contribution in [0.25, 0.3) is 11.3 Å². The van der Waals surface area contributed by atoms with Gasteiger partial charge in [0, 0.05) is 24.2 Å². The first kappa shape index (κ1) is 19.1. The van der Waals surface area contributed by atoms with Gasteiger partial charge in [0.15, 0.2) is 0 Å². The maximum Gasteiger partial charge on any atom is 0.135 e. The molecule has 1 aromatic heterocycles. The molecule has 3 aromatic rings. The Morgan fingerprint density at radius 2 is 1.67 bits per heavy atom. The highest BCUT2D eigenvalue weighted by Crippen LogP contribution is 2.28. The van der Waals surface area contributed by atoms with Crippen LogP contribution in [0, 0.1) is 20.8 Å². The third-order valence-corrected chi connectivity index (χ3v) is 4.92. The zero-order chi connectivity index (χ0) is 19.2. The molecule has 0 amide bonds. The summed E-state index contributed by atoms with van der Waals surface area (Å²) >= 11 is 0. The molecule has 3 rings (SSSR count). The number of aryl methyl sites for hydroxylation is 2. The van der Waals surface area contributed by atoms with Gasteiger partial charge in [-0.2, -0.15) is 0 Å². The fourth-order valence-electron chi connectivity index (χ4n) is 3.40. The molecule has 0 saturated carbocycles. The second-order valence-electron chi connectivity index (χ2n) is 7.30. The largest absolute Gasteiger partial charge is 0.352 e. The van der Waals surface area contributed by atoms with Crippen LogP contribution in [0.15, 0.2) is 54.9 Å². The SMILES string of the molecule is CCCCN(Cc1cccc(C)c1)c1ncnc(-c2ccc(C)cc2)c1C. The van der Waals surface area contributed by atoms with Crippen molar-refractivity contribution in [3.05, 3.63) is 77.1 Å². The molecule has 0 aliphatic carbocycles. The summed E-state index contributed by atoms with van der Waals surface area (Å²) in [7, 11) is 0. The second kappa shape index (κ2) is 8.81. The second-order valence-corrected chi connectivity index (χ2v) is 7.30. The lowest BCUT2D eigenvalue weighted by molar-refractivity contribution is 0.704. The number of nitrogens with zero attached hydrogens (tertiary/aromatic N) is 3. The maximum absolute atomic E-state index is 4.67. The van der Waals surface area contributed by atoms with Gasteiger partial charge in [0.25, 0.3) is 0 Å². The van der Waals surface area contributed by atoms with Crippen LogP contribution in [0.1, 0.15) is 42.0 Å². The van der Waals surface area contributed by atoms with Crippen LogP contribution < -0.4 is 4.90 Å². The molecule has 0 unspecified atom stereocenters. The number of anilines is 1. The molecule has 3 nitrogen and oxygen atoms in total. The van der Waals surface area contributed by atoms with Gasteiger partial charge in [-0.3, -0.25) is 0 Å². The Balaban J connectivity index is 1.96. The molecular weight excluding hydrogens is 330 g/mol. The van der Waals surface area contributed by atoms with Gasteiger partial charge in [-0.25, -0.2) is 9.97 Å². The average molecular weight is 360 g/mol. The van der Waals surface area contributed by atoms with Crippen LogP contribution in [0.4, 0.5) is 5.82 Å². The van der Waals surface area contributed by atoms with Crippen molar-refractivity contribution >= 4 is 5.82 Å². The first-order valence-electron chi connectivity index (χ1n) is 9.77. The first-order valence-corrected chi connectivity index (χ1v) is 9.77. The summed E-state index contributed by atoms with van der Waals surface area (Å²) < 4.78 is 0. The molecule has 0 atom stereocenters. The van der Waals surface area contributed by atoms with Crippen molar-refractivity contribution in [2.75, 3.05) is 11.4 Å². The van der Waals surface area contributed by atoms with Crippen LogP contribution in [0.5, 0.6) is 0 Å². The lowest BCUT2D eigenvalue weighted by Gasteiger charge is -2.26. The van der Waals surface area contributed by atoms with Crippen LogP contribution >= 0.6 is 0 Å². The Bertz CT molecular complexity index is 884. The van der Waals surface area contributed by atoms with Crippen molar-refractivity contribution in [2.45, 2.75) is 47.1 Å². The minimum atomic E-state index is 0.868. The Labute approximate surface area is 163 Å². The van der Waals surface area contributed by atoms with Gasteiger partial charge in [0.05, 0.1) is 5.69 Å². The molecule has 27 heavy (non-hydrogen) atoms. The zero-order valence-corrected chi connectivity index (χ0v) is 16.9. The molecule has 0 fully saturated rings. The third-order valence-electron chi connectivity index (χ3n) is 4.92. The predicted octanol–water partition coefficient (Wildman–Crippen LogP) is 5.88. The molecule has 0 bridgehead atoms. The Kier molecular flexibility index (Phi) is 6.23. The minimum Gasteiger partial charge on any atom is -0.352 e. The Hall–Kier alpha value is -2.68. The molecule has 3 heteroatoms. The number of benzene rings is 2. The highest BCUT2D eigenvalue weighted by molar-refractivity contribution is 5.68. The first-order chi connectivity index (χ1) is 13.1. The summed E-state index contributed by atoms with van der Waals surface area (Å²) in [5, 5.41) is 0. The Morgan fingerprint density at radius 1 is 0.889 bits per heavy atom. The molecule has 0 aliphatic rings. The zero-order valence-electron chi connectivity index (χ0n) is 16.9. The van der Waals surface area contributed by atoms with E-state index in [0.29, 0.717) is 0 Å². The Morgan fingerprint density at radius 3 is 2.37 bits per heavy atom. The van der Waals surface area contributed by atoms with E-state index in [2.05, 4.69) is 91.1 Å². The van der Waals surface area contributed by atoms with Gasteiger partial charge in [-0.1, -0.05) is 73.0 Å². The topological polar surface area (TPSA) is 29.0 Å². The van der Waals surface area contributed by atoms with E-state index in [9.17, 15) is 0 Å². The normalized spacial score (nSPS) is 10.8. The number of unbranched alkanes of at least 4 members (excludes halogenated alkanes) is 1. The van der Waals surface area contributed by atoms with Crippen molar-refractivity contribution in [3.8, 4) is 11.3 Å². The van der Waals surface area contributed by atoms with E-state index in [1.807, 2.05) is 0 Å². The van der Waals surface area contributed by atoms with E-state index >= 15 is 0 Å². The smallest absolute Gasteiger partial charge is 0.135 e. The van der Waals surface area contributed by atoms with Crippen molar-refractivity contribution in [2.24, 2.45) is 0 Å². The summed E-state index contributed by atoms with van der Waals surface area (Å²) in [6.07, 6.45) is 4.01. The molecule has 0 spiro atoms. The summed E-state index contributed by atoms with van der Waals surface area (Å²) in [6.45, 7) is 10.5. The van der Waals surface area contributed by atoms with E-state index in [-0.39, 0.29) is 0 Å². The molecule has 0 saturated heterocycles. The number of hydrogen-bond acceptors (Lipinski definition) is 3. The molecular formula is C24H29N3. The van der Waals surface area contributed by atoms with Crippen LogP contribution in [-0.4, -0.2) is 16.5 Å². The molecule has 0 aliphatic heterocycles. The van der Waals surface area contributed by atoms with E-state index in [1.165, 1.54) is 23.1 Å². The van der Waals surface area contributed by atoms with Gasteiger partial charge in [0.1, 0.15) is 12.1 Å². The minimum absolute atomic E-state index is 0.868. The van der Waals surface area contributed by atoms with E-state index < -0.39 is 0 Å². The van der Waals surface area contributed by atoms with Crippen molar-refractivity contribution in [3.63, 3.8) is 0 Å². The standard InChI is InChI=1S/C24H29N3/c1-5-6-14-27(16-21-9-7-8-19(3)15-21)24-20(4)23(25-17-26-24)22-12-10-18(2)11-13-22/h7-13,15,17H,5-6,14,16H2,1-4H3. The molecule has 140 valence electrons. The summed E-state index contributed by atoms with van der Waals surface area (Å²) in [4.78, 5) is 11.6. The lowest BCUT2D eigenvalue weighted by atomic mass is 10.0. The number of rotatable bonds is 7. The quantitative estimate of drug-likeness (QED) is 0.528. The highest BCUT2D eigenvalue weighted by atomic mass is 15.2. The van der Waals surface area contributed by atoms with Gasteiger partial charge < -0.3 is 4.90 Å². The lowest BCUT2D eigenvalue weighted by Crippen LogP contribution is -2.26. The molecule has 1 heterocycles. The van der Waals surface area contributed by atoms with Crippen molar-refractivity contribution in [1.29, 1.82) is 0 Å². The fourth-order valence-corrected chi connectivity index (χ4v) is 3.40. The van der Waals surface area contributed by atoms with Crippen molar-refractivity contribution < 1.29 is 0 Å². The average Bonchev–Trinajstić information content (AvgIpc) is 2.66. The summed E-state index contributed by atoms with van der Waals surface area (Å²) in [5.41, 5.74) is 7.18. The van der Waals surface area contributed by atoms with Crippen molar-refractivity contribution in [1.82, 2.24) is 9.97 Å². The van der Waals surface area contributed by atoms with Crippen LogP contribution in [0.2, 0.25) is 0 Å². The van der Waals surface area contributed by atoms with Gasteiger partial charge in [-0.15, -0.1) is 0 Å². The summed E-state index contributed by atoms with van der Waals surface area (Å²) in [5.74, 6) is 1.04. The van der Waals surface area contributed by atoms with Crippen LogP contribution in [-0.2, 0) is 6.54 Å². The monoisotopic (exact) mass is 359 g/mol. The molecule has 0 N–H and O–H groups in total. The predicted molar refractivity (Wildman–Crippen MR) is 114 cm³/mol. The third kappa shape index (κ3) is 4.73. The van der Waals surface area contributed by atoms with Crippen LogP contribution in [0.3, 0.4) is 0 Å². The summed E-state index contributed by atoms with van der Waals surface area (Å²) in [6, 6.07) is 17.3. The van der Waals surface area contributed by atoms with Gasteiger partial charge in [-0.05, 0) is 32.8 Å².